The first-order valence-electron chi connectivity index (χ1n) is 10.5. The average Bonchev–Trinajstić information content (AvgIpc) is 3.35. The number of ether oxygens (including phenoxy) is 1. The Morgan fingerprint density at radius 3 is 2.75 bits per heavy atom. The molecule has 0 amide bonds. The number of hydrogen-bond donors (Lipinski definition) is 0. The van der Waals surface area contributed by atoms with Gasteiger partial charge in [0.25, 0.3) is 0 Å². The number of anilines is 1. The molecule has 0 N–H and O–H groups in total. The van der Waals surface area contributed by atoms with E-state index >= 15 is 0 Å². The highest BCUT2D eigenvalue weighted by Gasteiger charge is 2.40. The summed E-state index contributed by atoms with van der Waals surface area (Å²) in [5.41, 5.74) is 3.97. The molecule has 2 bridgehead atoms. The Labute approximate surface area is 167 Å². The van der Waals surface area contributed by atoms with E-state index in [-0.39, 0.29) is 0 Å². The van der Waals surface area contributed by atoms with Gasteiger partial charge in [0.15, 0.2) is 0 Å². The van der Waals surface area contributed by atoms with Crippen LogP contribution in [0.3, 0.4) is 0 Å². The molecule has 2 fully saturated rings. The molecule has 0 saturated carbocycles. The SMILES string of the molecule is C=CCOc1ccc(CN2[C@@H]3CC[C@@H]2c2cnc(N4CCCC4)nc2C3)cc1. The first-order valence-corrected chi connectivity index (χ1v) is 10.5. The molecule has 0 unspecified atom stereocenters. The van der Waals surface area contributed by atoms with Crippen LogP contribution in [0, 0.1) is 0 Å². The molecular weight excluding hydrogens is 348 g/mol. The zero-order chi connectivity index (χ0) is 18.9. The van der Waals surface area contributed by atoms with Crippen LogP contribution >= 0.6 is 0 Å². The third-order valence-electron chi connectivity index (χ3n) is 6.36. The fourth-order valence-corrected chi connectivity index (χ4v) is 4.94. The minimum absolute atomic E-state index is 0.457. The summed E-state index contributed by atoms with van der Waals surface area (Å²) in [4.78, 5) is 14.7. The Bertz CT molecular complexity index is 844. The van der Waals surface area contributed by atoms with Crippen LogP contribution in [0.25, 0.3) is 0 Å². The third-order valence-corrected chi connectivity index (χ3v) is 6.36. The second kappa shape index (κ2) is 7.55. The van der Waals surface area contributed by atoms with Crippen molar-refractivity contribution in [2.75, 3.05) is 24.6 Å². The Morgan fingerprint density at radius 1 is 1.14 bits per heavy atom. The lowest BCUT2D eigenvalue weighted by molar-refractivity contribution is 0.166. The molecular formula is C23H28N4O. The minimum atomic E-state index is 0.457. The normalized spacial score (nSPS) is 23.6. The largest absolute Gasteiger partial charge is 0.490 e. The van der Waals surface area contributed by atoms with Crippen molar-refractivity contribution in [1.82, 2.24) is 14.9 Å². The first kappa shape index (κ1) is 17.7. The van der Waals surface area contributed by atoms with Crippen molar-refractivity contribution < 1.29 is 4.74 Å². The lowest BCUT2D eigenvalue weighted by atomic mass is 9.98. The van der Waals surface area contributed by atoms with E-state index in [1.54, 1.807) is 6.08 Å². The van der Waals surface area contributed by atoms with Crippen molar-refractivity contribution >= 4 is 5.95 Å². The molecule has 2 aromatic rings. The highest BCUT2D eigenvalue weighted by Crippen LogP contribution is 2.44. The van der Waals surface area contributed by atoms with Gasteiger partial charge < -0.3 is 9.64 Å². The van der Waals surface area contributed by atoms with Gasteiger partial charge in [-0.3, -0.25) is 4.90 Å². The van der Waals surface area contributed by atoms with Crippen molar-refractivity contribution in [3.63, 3.8) is 0 Å². The molecule has 146 valence electrons. The maximum absolute atomic E-state index is 5.60. The second-order valence-electron chi connectivity index (χ2n) is 8.13. The molecule has 2 saturated heterocycles. The fourth-order valence-electron chi connectivity index (χ4n) is 4.94. The van der Waals surface area contributed by atoms with Gasteiger partial charge in [-0.25, -0.2) is 9.97 Å². The summed E-state index contributed by atoms with van der Waals surface area (Å²) in [6.45, 7) is 7.42. The van der Waals surface area contributed by atoms with Gasteiger partial charge >= 0.3 is 0 Å². The third kappa shape index (κ3) is 3.28. The maximum Gasteiger partial charge on any atom is 0.225 e. The van der Waals surface area contributed by atoms with E-state index in [1.165, 1.54) is 42.5 Å². The lowest BCUT2D eigenvalue weighted by Gasteiger charge is -2.36. The van der Waals surface area contributed by atoms with E-state index < -0.39 is 0 Å². The number of hydrogen-bond acceptors (Lipinski definition) is 5. The summed E-state index contributed by atoms with van der Waals surface area (Å²) < 4.78 is 5.60. The molecule has 3 aliphatic heterocycles. The molecule has 4 heterocycles. The van der Waals surface area contributed by atoms with E-state index in [2.05, 4.69) is 46.8 Å². The summed E-state index contributed by atoms with van der Waals surface area (Å²) in [5, 5.41) is 0. The molecule has 0 spiro atoms. The Morgan fingerprint density at radius 2 is 1.96 bits per heavy atom. The molecule has 5 heteroatoms. The Hall–Kier alpha value is -2.40. The highest BCUT2D eigenvalue weighted by molar-refractivity contribution is 5.38. The van der Waals surface area contributed by atoms with Gasteiger partial charge in [0.2, 0.25) is 5.95 Å². The summed E-state index contributed by atoms with van der Waals surface area (Å²) in [6.07, 6.45) is 9.92. The Kier molecular flexibility index (Phi) is 4.77. The molecule has 1 aromatic carbocycles. The van der Waals surface area contributed by atoms with Crippen LogP contribution in [0.4, 0.5) is 5.95 Å². The molecule has 3 aliphatic rings. The first-order chi connectivity index (χ1) is 13.8. The number of rotatable bonds is 6. The predicted octanol–water partition coefficient (Wildman–Crippen LogP) is 3.90. The van der Waals surface area contributed by atoms with Crippen LogP contribution in [-0.4, -0.2) is 40.6 Å². The maximum atomic E-state index is 5.60. The van der Waals surface area contributed by atoms with Crippen LogP contribution in [0.1, 0.15) is 48.5 Å². The molecule has 2 atom stereocenters. The van der Waals surface area contributed by atoms with E-state index in [0.717, 1.165) is 37.8 Å². The van der Waals surface area contributed by atoms with Crippen molar-refractivity contribution in [3.05, 3.63) is 59.9 Å². The van der Waals surface area contributed by atoms with Gasteiger partial charge in [-0.2, -0.15) is 0 Å². The fraction of sp³-hybridized carbons (Fsp3) is 0.478. The topological polar surface area (TPSA) is 41.5 Å². The second-order valence-corrected chi connectivity index (χ2v) is 8.13. The van der Waals surface area contributed by atoms with Crippen LogP contribution < -0.4 is 9.64 Å². The molecule has 5 nitrogen and oxygen atoms in total. The number of aromatic nitrogens is 2. The summed E-state index contributed by atoms with van der Waals surface area (Å²) in [6, 6.07) is 9.53. The lowest BCUT2D eigenvalue weighted by Crippen LogP contribution is -2.38. The smallest absolute Gasteiger partial charge is 0.225 e. The molecule has 0 aliphatic carbocycles. The number of nitrogens with zero attached hydrogens (tertiary/aromatic N) is 4. The van der Waals surface area contributed by atoms with Crippen molar-refractivity contribution in [2.45, 2.75) is 50.7 Å². The number of fused-ring (bicyclic) bond motifs is 4. The van der Waals surface area contributed by atoms with Gasteiger partial charge in [-0.05, 0) is 43.4 Å². The highest BCUT2D eigenvalue weighted by atomic mass is 16.5. The van der Waals surface area contributed by atoms with Gasteiger partial charge in [0.1, 0.15) is 12.4 Å². The van der Waals surface area contributed by atoms with Crippen molar-refractivity contribution in [2.24, 2.45) is 0 Å². The van der Waals surface area contributed by atoms with Crippen LogP contribution in [0.2, 0.25) is 0 Å². The van der Waals surface area contributed by atoms with Crippen LogP contribution in [-0.2, 0) is 13.0 Å². The molecule has 28 heavy (non-hydrogen) atoms. The summed E-state index contributed by atoms with van der Waals surface area (Å²) in [7, 11) is 0. The summed E-state index contributed by atoms with van der Waals surface area (Å²) in [5.74, 6) is 1.85. The van der Waals surface area contributed by atoms with Crippen LogP contribution in [0.5, 0.6) is 5.75 Å². The average molecular weight is 377 g/mol. The summed E-state index contributed by atoms with van der Waals surface area (Å²) >= 11 is 0. The van der Waals surface area contributed by atoms with Crippen LogP contribution in [0.15, 0.2) is 43.1 Å². The van der Waals surface area contributed by atoms with E-state index in [1.807, 2.05) is 0 Å². The van der Waals surface area contributed by atoms with E-state index in [9.17, 15) is 0 Å². The molecule has 5 rings (SSSR count). The monoisotopic (exact) mass is 376 g/mol. The number of benzene rings is 1. The zero-order valence-electron chi connectivity index (χ0n) is 16.4. The molecule has 1 aromatic heterocycles. The van der Waals surface area contributed by atoms with E-state index in [0.29, 0.717) is 18.7 Å². The molecule has 0 radical (unpaired) electrons. The van der Waals surface area contributed by atoms with Gasteiger partial charge in [-0.1, -0.05) is 24.8 Å². The van der Waals surface area contributed by atoms with Crippen molar-refractivity contribution in [1.29, 1.82) is 0 Å². The van der Waals surface area contributed by atoms with Gasteiger partial charge in [0, 0.05) is 49.9 Å². The van der Waals surface area contributed by atoms with Gasteiger partial charge in [-0.15, -0.1) is 0 Å². The predicted molar refractivity (Wildman–Crippen MR) is 111 cm³/mol. The van der Waals surface area contributed by atoms with E-state index in [4.69, 9.17) is 14.7 Å². The van der Waals surface area contributed by atoms with Crippen molar-refractivity contribution in [3.8, 4) is 5.75 Å². The minimum Gasteiger partial charge on any atom is -0.490 e. The zero-order valence-corrected chi connectivity index (χ0v) is 16.4. The quantitative estimate of drug-likeness (QED) is 0.715. The Balaban J connectivity index is 1.32. The van der Waals surface area contributed by atoms with Gasteiger partial charge in [0.05, 0.1) is 5.69 Å². The standard InChI is InChI=1S/C23H28N4O/c1-2-13-28-19-8-5-17(6-9-19)16-27-18-7-10-22(27)20-15-24-23(25-21(20)14-18)26-11-3-4-12-26/h2,5-6,8-9,15,18,22H,1,3-4,7,10-14,16H2/t18-,22-/m1/s1.